The Labute approximate surface area is 191 Å². The number of fused-ring (bicyclic) bond motifs is 2. The molecule has 164 valence electrons. The fourth-order valence-corrected chi connectivity index (χ4v) is 4.96. The molecule has 0 unspecified atom stereocenters. The van der Waals surface area contributed by atoms with Crippen molar-refractivity contribution in [2.75, 3.05) is 17.7 Å². The van der Waals surface area contributed by atoms with Crippen molar-refractivity contribution in [2.24, 2.45) is 0 Å². The summed E-state index contributed by atoms with van der Waals surface area (Å²) in [5.41, 5.74) is 4.36. The summed E-state index contributed by atoms with van der Waals surface area (Å²) >= 11 is 1.58. The second kappa shape index (κ2) is 9.00. The van der Waals surface area contributed by atoms with Crippen LogP contribution in [0.4, 0.5) is 5.69 Å². The number of allylic oxidation sites excluding steroid dienone is 1. The number of benzene rings is 2. The van der Waals surface area contributed by atoms with Crippen LogP contribution in [0.25, 0.3) is 6.08 Å². The number of rotatable bonds is 4. The van der Waals surface area contributed by atoms with Crippen LogP contribution in [0.1, 0.15) is 34.7 Å². The van der Waals surface area contributed by atoms with E-state index in [4.69, 9.17) is 0 Å². The highest BCUT2D eigenvalue weighted by molar-refractivity contribution is 7.99. The maximum Gasteiger partial charge on any atom is 0.291 e. The number of likely N-dealkylation sites (N-methyl/N-ethyl adjacent to an activating group) is 1. The van der Waals surface area contributed by atoms with E-state index in [1.165, 1.54) is 11.9 Å². The van der Waals surface area contributed by atoms with Gasteiger partial charge < -0.3 is 10.2 Å². The van der Waals surface area contributed by atoms with E-state index >= 15 is 0 Å². The van der Waals surface area contributed by atoms with Crippen LogP contribution in [-0.4, -0.2) is 45.4 Å². The number of nitrogens with zero attached hydrogens (tertiary/aromatic N) is 4. The van der Waals surface area contributed by atoms with E-state index in [2.05, 4.69) is 39.7 Å². The van der Waals surface area contributed by atoms with Gasteiger partial charge in [0.1, 0.15) is 12.4 Å². The van der Waals surface area contributed by atoms with Crippen molar-refractivity contribution in [3.05, 3.63) is 77.4 Å². The molecule has 7 nitrogen and oxygen atoms in total. The van der Waals surface area contributed by atoms with Gasteiger partial charge in [-0.15, -0.1) is 16.9 Å². The highest BCUT2D eigenvalue weighted by Gasteiger charge is 2.31. The lowest BCUT2D eigenvalue weighted by Gasteiger charge is -2.21. The highest BCUT2D eigenvalue weighted by atomic mass is 32.2. The monoisotopic (exact) mass is 447 g/mol. The Balaban J connectivity index is 0.00000245. The molecule has 0 radical (unpaired) electrons. The summed E-state index contributed by atoms with van der Waals surface area (Å²) < 4.78 is 1.62. The van der Waals surface area contributed by atoms with E-state index in [0.717, 1.165) is 28.1 Å². The number of thioether (sulfide) groups is 1. The molecule has 0 saturated heterocycles. The molecule has 2 heterocycles. The van der Waals surface area contributed by atoms with Crippen molar-refractivity contribution in [3.8, 4) is 0 Å². The van der Waals surface area contributed by atoms with Gasteiger partial charge in [-0.1, -0.05) is 49.9 Å². The average Bonchev–Trinajstić information content (AvgIpc) is 3.42. The Morgan fingerprint density at radius 1 is 1.25 bits per heavy atom. The highest BCUT2D eigenvalue weighted by Crippen LogP contribution is 2.38. The van der Waals surface area contributed by atoms with Crippen LogP contribution in [0, 0.1) is 0 Å². The minimum Gasteiger partial charge on any atom is -0.337 e. The zero-order valence-electron chi connectivity index (χ0n) is 17.0. The quantitative estimate of drug-likeness (QED) is 0.663. The molecule has 0 saturated carbocycles. The van der Waals surface area contributed by atoms with Gasteiger partial charge in [0.25, 0.3) is 5.91 Å². The maximum atomic E-state index is 13.1. The molecule has 8 heteroatoms. The predicted molar refractivity (Wildman–Crippen MR) is 127 cm³/mol. The summed E-state index contributed by atoms with van der Waals surface area (Å²) in [6.07, 6.45) is 6.66. The molecule has 1 aliphatic heterocycles. The van der Waals surface area contributed by atoms with E-state index in [9.17, 15) is 9.59 Å². The van der Waals surface area contributed by atoms with Gasteiger partial charge in [0, 0.05) is 17.7 Å². The smallest absolute Gasteiger partial charge is 0.291 e. The summed E-state index contributed by atoms with van der Waals surface area (Å²) in [6.45, 7) is 0.524. The van der Waals surface area contributed by atoms with Crippen LogP contribution in [0.2, 0.25) is 0 Å². The Morgan fingerprint density at radius 2 is 2.06 bits per heavy atom. The molecule has 3 aromatic rings. The number of amides is 2. The minimum atomic E-state index is -0.652. The molecule has 0 spiro atoms. The van der Waals surface area contributed by atoms with Crippen molar-refractivity contribution in [1.82, 2.24) is 20.1 Å². The van der Waals surface area contributed by atoms with Gasteiger partial charge in [0.15, 0.2) is 0 Å². The van der Waals surface area contributed by atoms with Crippen molar-refractivity contribution < 1.29 is 9.59 Å². The number of aromatic nitrogens is 3. The van der Waals surface area contributed by atoms with Crippen LogP contribution >= 0.6 is 11.8 Å². The summed E-state index contributed by atoms with van der Waals surface area (Å²) in [4.78, 5) is 32.6. The summed E-state index contributed by atoms with van der Waals surface area (Å²) in [7, 11) is 1.75. The Hall–Kier alpha value is -3.39. The third-order valence-electron chi connectivity index (χ3n) is 5.48. The lowest BCUT2D eigenvalue weighted by molar-refractivity contribution is -0.119. The second-order valence-corrected chi connectivity index (χ2v) is 8.67. The Kier molecular flexibility index (Phi) is 6.14. The molecule has 1 aromatic heterocycles. The molecule has 2 aromatic carbocycles. The molecule has 1 aliphatic carbocycles. The number of carbonyl (C=O) groups is 2. The van der Waals surface area contributed by atoms with Crippen LogP contribution in [-0.2, 0) is 17.8 Å². The summed E-state index contributed by atoms with van der Waals surface area (Å²) in [5.74, 6) is -0.0816. The Bertz CT molecular complexity index is 1190. The molecular formula is C24H25N5O2S. The Morgan fingerprint density at radius 3 is 2.88 bits per heavy atom. The largest absolute Gasteiger partial charge is 0.337 e. The molecule has 1 N–H and O–H groups in total. The van der Waals surface area contributed by atoms with Gasteiger partial charge in [-0.2, -0.15) is 0 Å². The number of nitrogens with one attached hydrogen (secondary N) is 1. The van der Waals surface area contributed by atoms with Crippen molar-refractivity contribution in [1.29, 1.82) is 0 Å². The van der Waals surface area contributed by atoms with Gasteiger partial charge in [0.05, 0.1) is 12.2 Å². The van der Waals surface area contributed by atoms with Crippen molar-refractivity contribution >= 4 is 35.3 Å². The first-order chi connectivity index (χ1) is 15.1. The van der Waals surface area contributed by atoms with Crippen LogP contribution in [0.15, 0.2) is 59.8 Å². The molecule has 0 fully saturated rings. The van der Waals surface area contributed by atoms with E-state index < -0.39 is 11.9 Å². The molecule has 0 bridgehead atoms. The zero-order chi connectivity index (χ0) is 21.4. The fraction of sp³-hybridized carbons (Fsp3) is 0.250. The first-order valence-corrected chi connectivity index (χ1v) is 11.0. The van der Waals surface area contributed by atoms with E-state index in [-0.39, 0.29) is 19.2 Å². The third-order valence-corrected chi connectivity index (χ3v) is 6.62. The first kappa shape index (κ1) is 21.8. The van der Waals surface area contributed by atoms with Gasteiger partial charge in [0.2, 0.25) is 11.7 Å². The lowest BCUT2D eigenvalue weighted by Crippen LogP contribution is -2.48. The molecule has 5 rings (SSSR count). The first-order valence-electron chi connectivity index (χ1n) is 10.1. The van der Waals surface area contributed by atoms with Gasteiger partial charge in [-0.05, 0) is 35.2 Å². The van der Waals surface area contributed by atoms with Crippen LogP contribution in [0.3, 0.4) is 0 Å². The second-order valence-electron chi connectivity index (χ2n) is 7.61. The molecule has 2 aliphatic rings. The molecular weight excluding hydrogens is 422 g/mol. The number of hydrogen-bond donors (Lipinski definition) is 1. The zero-order valence-corrected chi connectivity index (χ0v) is 17.8. The van der Waals surface area contributed by atoms with E-state index in [1.807, 2.05) is 30.3 Å². The normalized spacial score (nSPS) is 16.7. The van der Waals surface area contributed by atoms with Gasteiger partial charge in [-0.3, -0.25) is 9.59 Å². The van der Waals surface area contributed by atoms with Crippen LogP contribution in [0.5, 0.6) is 0 Å². The summed E-state index contributed by atoms with van der Waals surface area (Å²) in [5, 5.41) is 7.10. The summed E-state index contributed by atoms with van der Waals surface area (Å²) in [6, 6.07) is 13.4. The van der Waals surface area contributed by atoms with Gasteiger partial charge in [-0.25, -0.2) is 9.67 Å². The fourth-order valence-electron chi connectivity index (χ4n) is 3.82. The van der Waals surface area contributed by atoms with Crippen molar-refractivity contribution in [2.45, 2.75) is 31.3 Å². The number of anilines is 1. The minimum absolute atomic E-state index is 0. The predicted octanol–water partition coefficient (Wildman–Crippen LogP) is 3.40. The topological polar surface area (TPSA) is 80.1 Å². The molecule has 2 amide bonds. The van der Waals surface area contributed by atoms with Crippen LogP contribution < -0.4 is 10.2 Å². The van der Waals surface area contributed by atoms with E-state index in [0.29, 0.717) is 12.3 Å². The third kappa shape index (κ3) is 4.18. The number of carbonyl (C=O) groups excluding carboxylic acids is 2. The number of hydrogen-bond acceptors (Lipinski definition) is 5. The molecule has 32 heavy (non-hydrogen) atoms. The standard InChI is InChI=1S/C23H21N5O2S.CH4/c1-27-19-10-16-8-5-9-17(16)11-20(19)31-13-18(23(27)30)25-22(29)21-24-14-28(26-21)12-15-6-3-2-4-7-15;/h2-8,10-11,14,18H,9,12-13H2,1H3,(H,25,29);1H4/t18-;/m0./s1. The van der Waals surface area contributed by atoms with Crippen molar-refractivity contribution in [3.63, 3.8) is 0 Å². The maximum absolute atomic E-state index is 13.1. The van der Waals surface area contributed by atoms with E-state index in [1.54, 1.807) is 28.4 Å². The average molecular weight is 448 g/mol. The van der Waals surface area contributed by atoms with Gasteiger partial charge >= 0.3 is 0 Å². The SMILES string of the molecule is C.CN1C(=O)[C@@H](NC(=O)c2ncn(Cc3ccccc3)n2)CSc2cc3c(cc21)C=CC3. The lowest BCUT2D eigenvalue weighted by atomic mass is 10.1. The molecule has 1 atom stereocenters.